The fraction of sp³-hybridized carbons (Fsp3) is 0.583. The second kappa shape index (κ2) is 5.33. The number of aromatic nitrogens is 1. The number of rotatable bonds is 3. The number of hydrazine groups is 1. The minimum Gasteiger partial charge on any atom is -0.354 e. The summed E-state index contributed by atoms with van der Waals surface area (Å²) < 4.78 is 0. The summed E-state index contributed by atoms with van der Waals surface area (Å²) in [5.74, 6) is 7.11. The third-order valence-electron chi connectivity index (χ3n) is 3.45. The Morgan fingerprint density at radius 3 is 3.00 bits per heavy atom. The molecule has 0 spiro atoms. The Balaban J connectivity index is 2.11. The van der Waals surface area contributed by atoms with Crippen LogP contribution in [0.5, 0.6) is 0 Å². The number of nitrogens with two attached hydrogens (primary N) is 1. The molecule has 1 unspecified atom stereocenters. The smallest absolute Gasteiger partial charge is 0.142 e. The normalized spacial score (nSPS) is 21.6. The summed E-state index contributed by atoms with van der Waals surface area (Å²) in [5, 5.41) is 0. The van der Waals surface area contributed by atoms with Crippen molar-refractivity contribution in [3.05, 3.63) is 18.2 Å². The molecule has 1 aliphatic rings. The fourth-order valence-electron chi connectivity index (χ4n) is 2.27. The highest BCUT2D eigenvalue weighted by Crippen LogP contribution is 2.19. The van der Waals surface area contributed by atoms with E-state index >= 15 is 0 Å². The van der Waals surface area contributed by atoms with Gasteiger partial charge in [0.1, 0.15) is 11.6 Å². The molecule has 1 atom stereocenters. The average molecular weight is 235 g/mol. The van der Waals surface area contributed by atoms with E-state index in [1.807, 2.05) is 18.2 Å². The van der Waals surface area contributed by atoms with Crippen molar-refractivity contribution in [2.75, 3.05) is 37.0 Å². The SMILES string of the molecule is CCC1CN(c2cccc(NN)n2)CCN1C. The van der Waals surface area contributed by atoms with Gasteiger partial charge < -0.3 is 10.3 Å². The van der Waals surface area contributed by atoms with E-state index in [2.05, 4.69) is 34.2 Å². The maximum Gasteiger partial charge on any atom is 0.142 e. The number of piperazine rings is 1. The summed E-state index contributed by atoms with van der Waals surface area (Å²) in [4.78, 5) is 9.23. The van der Waals surface area contributed by atoms with Gasteiger partial charge in [0, 0.05) is 25.7 Å². The number of likely N-dealkylation sites (N-methyl/N-ethyl adjacent to an activating group) is 1. The Kier molecular flexibility index (Phi) is 3.81. The number of anilines is 2. The number of nitrogens with one attached hydrogen (secondary N) is 1. The molecule has 0 bridgehead atoms. The number of nitrogens with zero attached hydrogens (tertiary/aromatic N) is 3. The molecule has 0 radical (unpaired) electrons. The minimum atomic E-state index is 0.611. The van der Waals surface area contributed by atoms with Crippen LogP contribution >= 0.6 is 0 Å². The van der Waals surface area contributed by atoms with Gasteiger partial charge in [0.2, 0.25) is 0 Å². The van der Waals surface area contributed by atoms with E-state index in [4.69, 9.17) is 5.84 Å². The zero-order chi connectivity index (χ0) is 12.3. The first-order chi connectivity index (χ1) is 8.24. The van der Waals surface area contributed by atoms with Gasteiger partial charge in [-0.05, 0) is 25.6 Å². The fourth-order valence-corrected chi connectivity index (χ4v) is 2.27. The number of pyridine rings is 1. The highest BCUT2D eigenvalue weighted by molar-refractivity contribution is 5.47. The van der Waals surface area contributed by atoms with E-state index in [-0.39, 0.29) is 0 Å². The monoisotopic (exact) mass is 235 g/mol. The lowest BCUT2D eigenvalue weighted by Gasteiger charge is -2.39. The molecular weight excluding hydrogens is 214 g/mol. The molecule has 1 aromatic rings. The van der Waals surface area contributed by atoms with Crippen LogP contribution in [0.25, 0.3) is 0 Å². The van der Waals surface area contributed by atoms with Crippen molar-refractivity contribution in [1.29, 1.82) is 0 Å². The van der Waals surface area contributed by atoms with Crippen molar-refractivity contribution < 1.29 is 0 Å². The van der Waals surface area contributed by atoms with Crippen LogP contribution in [0.15, 0.2) is 18.2 Å². The molecular formula is C12H21N5. The van der Waals surface area contributed by atoms with Gasteiger partial charge in [-0.3, -0.25) is 4.90 Å². The molecule has 5 nitrogen and oxygen atoms in total. The highest BCUT2D eigenvalue weighted by atomic mass is 15.3. The number of nitrogen functional groups attached to an aromatic ring is 1. The van der Waals surface area contributed by atoms with Crippen LogP contribution in [0.4, 0.5) is 11.6 Å². The Morgan fingerprint density at radius 1 is 1.47 bits per heavy atom. The van der Waals surface area contributed by atoms with E-state index in [9.17, 15) is 0 Å². The van der Waals surface area contributed by atoms with Crippen LogP contribution < -0.4 is 16.2 Å². The zero-order valence-corrected chi connectivity index (χ0v) is 10.6. The van der Waals surface area contributed by atoms with Crippen molar-refractivity contribution in [3.63, 3.8) is 0 Å². The molecule has 17 heavy (non-hydrogen) atoms. The summed E-state index contributed by atoms with van der Waals surface area (Å²) in [6.07, 6.45) is 1.17. The van der Waals surface area contributed by atoms with Crippen molar-refractivity contribution in [2.45, 2.75) is 19.4 Å². The van der Waals surface area contributed by atoms with Crippen LogP contribution in [-0.4, -0.2) is 42.6 Å². The maximum absolute atomic E-state index is 5.38. The third-order valence-corrected chi connectivity index (χ3v) is 3.45. The molecule has 2 heterocycles. The van der Waals surface area contributed by atoms with E-state index in [1.54, 1.807) is 0 Å². The molecule has 1 aliphatic heterocycles. The Bertz CT molecular complexity index is 368. The van der Waals surface area contributed by atoms with Gasteiger partial charge in [-0.15, -0.1) is 0 Å². The second-order valence-corrected chi connectivity index (χ2v) is 4.51. The molecule has 0 amide bonds. The van der Waals surface area contributed by atoms with E-state index < -0.39 is 0 Å². The zero-order valence-electron chi connectivity index (χ0n) is 10.6. The maximum atomic E-state index is 5.38. The lowest BCUT2D eigenvalue weighted by atomic mass is 10.1. The molecule has 1 fully saturated rings. The predicted octanol–water partition coefficient (Wildman–Crippen LogP) is 0.898. The Hall–Kier alpha value is -1.33. The van der Waals surface area contributed by atoms with Gasteiger partial charge in [-0.25, -0.2) is 10.8 Å². The van der Waals surface area contributed by atoms with Gasteiger partial charge in [0.15, 0.2) is 0 Å². The summed E-state index contributed by atoms with van der Waals surface area (Å²) in [6.45, 7) is 5.37. The minimum absolute atomic E-state index is 0.611. The second-order valence-electron chi connectivity index (χ2n) is 4.51. The highest BCUT2D eigenvalue weighted by Gasteiger charge is 2.23. The number of hydrogen-bond donors (Lipinski definition) is 2. The van der Waals surface area contributed by atoms with Crippen LogP contribution in [0.3, 0.4) is 0 Å². The summed E-state index contributed by atoms with van der Waals surface area (Å²) >= 11 is 0. The van der Waals surface area contributed by atoms with E-state index in [0.29, 0.717) is 6.04 Å². The Labute approximate surface area is 103 Å². The molecule has 5 heteroatoms. The first kappa shape index (κ1) is 12.1. The van der Waals surface area contributed by atoms with Crippen LogP contribution in [0.2, 0.25) is 0 Å². The van der Waals surface area contributed by atoms with Gasteiger partial charge in [-0.2, -0.15) is 0 Å². The predicted molar refractivity (Wildman–Crippen MR) is 71.0 cm³/mol. The van der Waals surface area contributed by atoms with Crippen molar-refractivity contribution in [3.8, 4) is 0 Å². The number of hydrogen-bond acceptors (Lipinski definition) is 5. The van der Waals surface area contributed by atoms with Gasteiger partial charge in [-0.1, -0.05) is 13.0 Å². The Morgan fingerprint density at radius 2 is 2.29 bits per heavy atom. The summed E-state index contributed by atoms with van der Waals surface area (Å²) in [5.41, 5.74) is 2.59. The van der Waals surface area contributed by atoms with Gasteiger partial charge in [0.05, 0.1) is 0 Å². The van der Waals surface area contributed by atoms with Gasteiger partial charge in [0.25, 0.3) is 0 Å². The van der Waals surface area contributed by atoms with Crippen molar-refractivity contribution in [1.82, 2.24) is 9.88 Å². The van der Waals surface area contributed by atoms with E-state index in [1.165, 1.54) is 6.42 Å². The molecule has 1 aromatic heterocycles. The molecule has 94 valence electrons. The lowest BCUT2D eigenvalue weighted by molar-refractivity contribution is 0.213. The molecule has 0 saturated carbocycles. The standard InChI is InChI=1S/C12H21N5/c1-3-10-9-17(8-7-16(10)2)12-6-4-5-11(14-12)15-13/h4-6,10H,3,7-9,13H2,1-2H3,(H,14,15). The topological polar surface area (TPSA) is 57.4 Å². The molecule has 1 saturated heterocycles. The largest absolute Gasteiger partial charge is 0.354 e. The third kappa shape index (κ3) is 2.68. The first-order valence-electron chi connectivity index (χ1n) is 6.13. The van der Waals surface area contributed by atoms with Gasteiger partial charge >= 0.3 is 0 Å². The first-order valence-corrected chi connectivity index (χ1v) is 6.13. The summed E-state index contributed by atoms with van der Waals surface area (Å²) in [6, 6.07) is 6.51. The van der Waals surface area contributed by atoms with Crippen LogP contribution in [-0.2, 0) is 0 Å². The van der Waals surface area contributed by atoms with Crippen molar-refractivity contribution in [2.24, 2.45) is 5.84 Å². The van der Waals surface area contributed by atoms with Crippen molar-refractivity contribution >= 4 is 11.6 Å². The molecule has 3 N–H and O–H groups in total. The van der Waals surface area contributed by atoms with Crippen LogP contribution in [0, 0.1) is 0 Å². The van der Waals surface area contributed by atoms with E-state index in [0.717, 1.165) is 31.3 Å². The summed E-state index contributed by atoms with van der Waals surface area (Å²) in [7, 11) is 2.19. The quantitative estimate of drug-likeness (QED) is 0.602. The van der Waals surface area contributed by atoms with Crippen LogP contribution in [0.1, 0.15) is 13.3 Å². The average Bonchev–Trinajstić information content (AvgIpc) is 2.39. The molecule has 2 rings (SSSR count). The lowest BCUT2D eigenvalue weighted by Crippen LogP contribution is -2.51. The molecule has 0 aliphatic carbocycles. The molecule has 0 aromatic carbocycles.